The highest BCUT2D eigenvalue weighted by atomic mass is 16.3. The Kier molecular flexibility index (Phi) is 6.72. The molecule has 0 aliphatic carbocycles. The van der Waals surface area contributed by atoms with E-state index in [4.69, 9.17) is 0 Å². The quantitative estimate of drug-likeness (QED) is 0.642. The summed E-state index contributed by atoms with van der Waals surface area (Å²) in [4.78, 5) is 5.04. The Morgan fingerprint density at radius 2 is 1.69 bits per heavy atom. The van der Waals surface area contributed by atoms with Gasteiger partial charge in [0.15, 0.2) is 0 Å². The number of para-hydroxylation sites is 1. The standard InChI is InChI=1S/C24H30N4O/c29-16-12-24-20-26(14-15-27(24)13-11-21-7-3-1-4-8-21)18-22-17-25-28(19-22)23-9-5-2-6-10-23/h1-10,17,19,24,29H,11-16,18,20H2. The lowest BCUT2D eigenvalue weighted by molar-refractivity contribution is 0.0562. The van der Waals surface area contributed by atoms with Gasteiger partial charge in [-0.3, -0.25) is 9.80 Å². The second kappa shape index (κ2) is 9.83. The van der Waals surface area contributed by atoms with Crippen LogP contribution in [0, 0.1) is 0 Å². The van der Waals surface area contributed by atoms with Crippen LogP contribution in [0.15, 0.2) is 73.1 Å². The average molecular weight is 391 g/mol. The molecule has 2 aromatic carbocycles. The highest BCUT2D eigenvalue weighted by molar-refractivity contribution is 5.30. The molecule has 1 aliphatic rings. The summed E-state index contributed by atoms with van der Waals surface area (Å²) in [6.07, 6.45) is 5.98. The molecule has 1 fully saturated rings. The van der Waals surface area contributed by atoms with Crippen molar-refractivity contribution in [3.63, 3.8) is 0 Å². The topological polar surface area (TPSA) is 44.5 Å². The summed E-state index contributed by atoms with van der Waals surface area (Å²) in [5.41, 5.74) is 3.70. The van der Waals surface area contributed by atoms with Gasteiger partial charge < -0.3 is 5.11 Å². The molecular weight excluding hydrogens is 360 g/mol. The molecule has 5 heteroatoms. The first-order valence-electron chi connectivity index (χ1n) is 10.5. The molecule has 4 rings (SSSR count). The number of hydrogen-bond donors (Lipinski definition) is 1. The van der Waals surface area contributed by atoms with Crippen LogP contribution in [0.4, 0.5) is 0 Å². The fraction of sp³-hybridized carbons (Fsp3) is 0.375. The number of rotatable bonds is 8. The minimum absolute atomic E-state index is 0.242. The van der Waals surface area contributed by atoms with Gasteiger partial charge in [0.05, 0.1) is 11.9 Å². The Morgan fingerprint density at radius 3 is 2.45 bits per heavy atom. The fourth-order valence-electron chi connectivity index (χ4n) is 4.16. The number of hydrogen-bond acceptors (Lipinski definition) is 4. The van der Waals surface area contributed by atoms with Gasteiger partial charge in [0.1, 0.15) is 0 Å². The van der Waals surface area contributed by atoms with E-state index < -0.39 is 0 Å². The molecular formula is C24H30N4O. The maximum absolute atomic E-state index is 9.57. The zero-order chi connectivity index (χ0) is 19.9. The molecule has 29 heavy (non-hydrogen) atoms. The molecule has 0 bridgehead atoms. The van der Waals surface area contributed by atoms with E-state index in [1.807, 2.05) is 29.1 Å². The molecule has 0 amide bonds. The second-order valence-electron chi connectivity index (χ2n) is 7.80. The van der Waals surface area contributed by atoms with Gasteiger partial charge in [-0.1, -0.05) is 48.5 Å². The monoisotopic (exact) mass is 390 g/mol. The van der Waals surface area contributed by atoms with Crippen LogP contribution in [0.2, 0.25) is 0 Å². The molecule has 0 radical (unpaired) electrons. The van der Waals surface area contributed by atoms with Crippen molar-refractivity contribution in [2.75, 3.05) is 32.8 Å². The molecule has 1 saturated heterocycles. The zero-order valence-corrected chi connectivity index (χ0v) is 16.9. The lowest BCUT2D eigenvalue weighted by atomic mass is 10.1. The highest BCUT2D eigenvalue weighted by Gasteiger charge is 2.26. The molecule has 1 unspecified atom stereocenters. The lowest BCUT2D eigenvalue weighted by Gasteiger charge is -2.41. The van der Waals surface area contributed by atoms with Crippen LogP contribution < -0.4 is 0 Å². The molecule has 152 valence electrons. The molecule has 3 aromatic rings. The van der Waals surface area contributed by atoms with E-state index in [1.54, 1.807) is 0 Å². The third kappa shape index (κ3) is 5.32. The van der Waals surface area contributed by atoms with Crippen molar-refractivity contribution in [3.05, 3.63) is 84.2 Å². The van der Waals surface area contributed by atoms with Crippen molar-refractivity contribution in [1.82, 2.24) is 19.6 Å². The number of aliphatic hydroxyl groups is 1. The number of aromatic nitrogens is 2. The van der Waals surface area contributed by atoms with E-state index in [-0.39, 0.29) is 6.61 Å². The van der Waals surface area contributed by atoms with Crippen LogP contribution >= 0.6 is 0 Å². The Balaban J connectivity index is 1.34. The minimum Gasteiger partial charge on any atom is -0.396 e. The summed E-state index contributed by atoms with van der Waals surface area (Å²) in [6, 6.07) is 21.3. The van der Waals surface area contributed by atoms with Crippen LogP contribution in [-0.4, -0.2) is 63.5 Å². The van der Waals surface area contributed by atoms with Crippen molar-refractivity contribution in [2.24, 2.45) is 0 Å². The third-order valence-corrected chi connectivity index (χ3v) is 5.74. The normalized spacial score (nSPS) is 18.2. The Hall–Kier alpha value is -2.47. The van der Waals surface area contributed by atoms with Gasteiger partial charge in [0.25, 0.3) is 0 Å². The number of nitrogens with zero attached hydrogens (tertiary/aromatic N) is 4. The van der Waals surface area contributed by atoms with Gasteiger partial charge in [0, 0.05) is 57.1 Å². The smallest absolute Gasteiger partial charge is 0.0645 e. The van der Waals surface area contributed by atoms with E-state index in [0.29, 0.717) is 6.04 Å². The van der Waals surface area contributed by atoms with Gasteiger partial charge in [-0.25, -0.2) is 4.68 Å². The minimum atomic E-state index is 0.242. The van der Waals surface area contributed by atoms with E-state index in [1.165, 1.54) is 11.1 Å². The number of aliphatic hydroxyl groups excluding tert-OH is 1. The van der Waals surface area contributed by atoms with E-state index in [2.05, 4.69) is 63.6 Å². The molecule has 0 spiro atoms. The van der Waals surface area contributed by atoms with Crippen molar-refractivity contribution in [3.8, 4) is 5.69 Å². The van der Waals surface area contributed by atoms with Gasteiger partial charge in [0.2, 0.25) is 0 Å². The molecule has 1 aliphatic heterocycles. The Morgan fingerprint density at radius 1 is 0.931 bits per heavy atom. The van der Waals surface area contributed by atoms with Crippen LogP contribution in [-0.2, 0) is 13.0 Å². The van der Waals surface area contributed by atoms with Gasteiger partial charge in [-0.2, -0.15) is 5.10 Å². The van der Waals surface area contributed by atoms with Crippen molar-refractivity contribution in [2.45, 2.75) is 25.4 Å². The van der Waals surface area contributed by atoms with Gasteiger partial charge in [-0.05, 0) is 30.5 Å². The summed E-state index contributed by atoms with van der Waals surface area (Å²) in [5.74, 6) is 0. The molecule has 2 heterocycles. The third-order valence-electron chi connectivity index (χ3n) is 5.74. The highest BCUT2D eigenvalue weighted by Crippen LogP contribution is 2.17. The predicted octanol–water partition coefficient (Wildman–Crippen LogP) is 2.98. The van der Waals surface area contributed by atoms with Crippen LogP contribution in [0.3, 0.4) is 0 Å². The molecule has 1 aromatic heterocycles. The van der Waals surface area contributed by atoms with Gasteiger partial charge >= 0.3 is 0 Å². The first-order valence-corrected chi connectivity index (χ1v) is 10.5. The number of piperazine rings is 1. The summed E-state index contributed by atoms with van der Waals surface area (Å²) < 4.78 is 1.94. The Bertz CT molecular complexity index is 865. The lowest BCUT2D eigenvalue weighted by Crippen LogP contribution is -2.53. The average Bonchev–Trinajstić information content (AvgIpc) is 3.23. The molecule has 5 nitrogen and oxygen atoms in total. The maximum atomic E-state index is 9.57. The summed E-state index contributed by atoms with van der Waals surface area (Å²) in [7, 11) is 0. The van der Waals surface area contributed by atoms with Crippen LogP contribution in [0.1, 0.15) is 17.5 Å². The van der Waals surface area contributed by atoms with Crippen LogP contribution in [0.25, 0.3) is 5.69 Å². The van der Waals surface area contributed by atoms with Gasteiger partial charge in [-0.15, -0.1) is 0 Å². The van der Waals surface area contributed by atoms with Crippen molar-refractivity contribution >= 4 is 0 Å². The maximum Gasteiger partial charge on any atom is 0.0645 e. The molecule has 1 N–H and O–H groups in total. The number of benzene rings is 2. The predicted molar refractivity (Wildman–Crippen MR) is 116 cm³/mol. The summed E-state index contributed by atoms with van der Waals surface area (Å²) in [5, 5.41) is 14.1. The Labute approximate surface area is 173 Å². The summed E-state index contributed by atoms with van der Waals surface area (Å²) in [6.45, 7) is 5.28. The zero-order valence-electron chi connectivity index (χ0n) is 16.9. The first-order chi connectivity index (χ1) is 14.3. The molecule has 1 atom stereocenters. The van der Waals surface area contributed by atoms with E-state index in [9.17, 15) is 5.11 Å². The summed E-state index contributed by atoms with van der Waals surface area (Å²) >= 11 is 0. The van der Waals surface area contributed by atoms with Crippen molar-refractivity contribution < 1.29 is 5.11 Å². The van der Waals surface area contributed by atoms with E-state index in [0.717, 1.165) is 51.3 Å². The first kappa shape index (κ1) is 19.8. The SMILES string of the molecule is OCCC1CN(Cc2cnn(-c3ccccc3)c2)CCN1CCc1ccccc1. The second-order valence-corrected chi connectivity index (χ2v) is 7.80. The van der Waals surface area contributed by atoms with Crippen LogP contribution in [0.5, 0.6) is 0 Å². The molecule has 0 saturated carbocycles. The fourth-order valence-corrected chi connectivity index (χ4v) is 4.16. The largest absolute Gasteiger partial charge is 0.396 e. The van der Waals surface area contributed by atoms with E-state index >= 15 is 0 Å². The van der Waals surface area contributed by atoms with Crippen molar-refractivity contribution in [1.29, 1.82) is 0 Å².